The first kappa shape index (κ1) is 13.2. The van der Waals surface area contributed by atoms with E-state index in [-0.39, 0.29) is 4.90 Å². The Morgan fingerprint density at radius 2 is 2.00 bits per heavy atom. The molecule has 1 aliphatic heterocycles. The van der Waals surface area contributed by atoms with Gasteiger partial charge in [-0.15, -0.1) is 10.2 Å². The summed E-state index contributed by atoms with van der Waals surface area (Å²) in [6, 6.07) is 6.49. The Morgan fingerprint density at radius 1 is 1.20 bits per heavy atom. The quantitative estimate of drug-likeness (QED) is 0.831. The molecule has 2 aromatic rings. The predicted molar refractivity (Wildman–Crippen MR) is 69.3 cm³/mol. The normalized spacial score (nSPS) is 17.2. The highest BCUT2D eigenvalue weighted by Crippen LogP contribution is 2.23. The smallest absolute Gasteiger partial charge is 0.247 e. The van der Waals surface area contributed by atoms with Gasteiger partial charge in [0.1, 0.15) is 0 Å². The molecule has 0 amide bonds. The summed E-state index contributed by atoms with van der Waals surface area (Å²) < 4.78 is 36.7. The van der Waals surface area contributed by atoms with Gasteiger partial charge in [0.05, 0.1) is 18.1 Å². The number of benzene rings is 1. The van der Waals surface area contributed by atoms with E-state index in [0.717, 1.165) is 0 Å². The van der Waals surface area contributed by atoms with Crippen LogP contribution in [0.2, 0.25) is 0 Å². The van der Waals surface area contributed by atoms with Crippen LogP contribution in [0.25, 0.3) is 11.5 Å². The maximum absolute atomic E-state index is 12.5. The van der Waals surface area contributed by atoms with Gasteiger partial charge in [-0.25, -0.2) is 8.42 Å². The highest BCUT2D eigenvalue weighted by Gasteiger charge is 2.26. The minimum Gasteiger partial charge on any atom is -0.423 e. The van der Waals surface area contributed by atoms with E-state index >= 15 is 0 Å². The lowest BCUT2D eigenvalue weighted by molar-refractivity contribution is 0.0730. The monoisotopic (exact) mass is 295 g/mol. The molecule has 1 aliphatic rings. The number of sulfonamides is 1. The van der Waals surface area contributed by atoms with E-state index in [1.807, 2.05) is 0 Å². The number of nitrogens with zero attached hydrogens (tertiary/aromatic N) is 3. The maximum Gasteiger partial charge on any atom is 0.247 e. The second-order valence-electron chi connectivity index (χ2n) is 4.29. The Kier molecular flexibility index (Phi) is 3.51. The molecule has 3 rings (SSSR count). The third kappa shape index (κ3) is 2.45. The van der Waals surface area contributed by atoms with Crippen LogP contribution in [-0.4, -0.2) is 49.2 Å². The summed E-state index contributed by atoms with van der Waals surface area (Å²) in [5.74, 6) is 0.295. The Hall–Kier alpha value is -1.77. The second kappa shape index (κ2) is 5.31. The predicted octanol–water partition coefficient (Wildman–Crippen LogP) is 0.757. The van der Waals surface area contributed by atoms with Gasteiger partial charge in [0.25, 0.3) is 0 Å². The molecule has 0 radical (unpaired) electrons. The molecule has 0 spiro atoms. The molecule has 0 atom stereocenters. The molecule has 106 valence electrons. The van der Waals surface area contributed by atoms with Gasteiger partial charge in [-0.05, 0) is 18.2 Å². The van der Waals surface area contributed by atoms with Crippen LogP contribution in [0.15, 0.2) is 40.0 Å². The van der Waals surface area contributed by atoms with Crippen LogP contribution in [0, 0.1) is 0 Å². The Labute approximate surface area is 116 Å². The molecular formula is C12H13N3O4S. The number of rotatable bonds is 3. The fourth-order valence-electron chi connectivity index (χ4n) is 2.02. The second-order valence-corrected chi connectivity index (χ2v) is 6.23. The lowest BCUT2D eigenvalue weighted by Gasteiger charge is -2.26. The van der Waals surface area contributed by atoms with Crippen LogP contribution in [0.1, 0.15) is 0 Å². The van der Waals surface area contributed by atoms with Crippen LogP contribution in [0.4, 0.5) is 0 Å². The lowest BCUT2D eigenvalue weighted by Crippen LogP contribution is -2.40. The van der Waals surface area contributed by atoms with E-state index in [9.17, 15) is 8.42 Å². The van der Waals surface area contributed by atoms with Crippen LogP contribution in [0.3, 0.4) is 0 Å². The number of hydrogen-bond donors (Lipinski definition) is 0. The molecule has 0 saturated carbocycles. The summed E-state index contributed by atoms with van der Waals surface area (Å²) in [6.45, 7) is 1.57. The minimum absolute atomic E-state index is 0.218. The third-order valence-corrected chi connectivity index (χ3v) is 4.94. The SMILES string of the molecule is O=S(=O)(c1cccc(-c2nnco2)c1)N1CCOCC1. The Balaban J connectivity index is 1.95. The summed E-state index contributed by atoms with van der Waals surface area (Å²) in [5.41, 5.74) is 0.580. The van der Waals surface area contributed by atoms with Gasteiger partial charge < -0.3 is 9.15 Å². The zero-order valence-electron chi connectivity index (χ0n) is 10.6. The van der Waals surface area contributed by atoms with Crippen molar-refractivity contribution in [3.63, 3.8) is 0 Å². The van der Waals surface area contributed by atoms with Gasteiger partial charge in [-0.2, -0.15) is 4.31 Å². The van der Waals surface area contributed by atoms with E-state index < -0.39 is 10.0 Å². The molecule has 1 saturated heterocycles. The number of hydrogen-bond acceptors (Lipinski definition) is 6. The molecule has 0 unspecified atom stereocenters. The van der Waals surface area contributed by atoms with Gasteiger partial charge >= 0.3 is 0 Å². The van der Waals surface area contributed by atoms with Crippen LogP contribution < -0.4 is 0 Å². The average molecular weight is 295 g/mol. The largest absolute Gasteiger partial charge is 0.423 e. The van der Waals surface area contributed by atoms with Crippen molar-refractivity contribution in [2.45, 2.75) is 4.90 Å². The van der Waals surface area contributed by atoms with Crippen molar-refractivity contribution in [3.8, 4) is 11.5 Å². The van der Waals surface area contributed by atoms with Gasteiger partial charge in [0.2, 0.25) is 22.3 Å². The summed E-state index contributed by atoms with van der Waals surface area (Å²) in [4.78, 5) is 0.218. The Bertz CT molecular complexity index is 678. The standard InChI is InChI=1S/C12H13N3O4S/c16-20(17,15-4-6-18-7-5-15)11-3-1-2-10(8-11)12-14-13-9-19-12/h1-3,8-9H,4-7H2. The lowest BCUT2D eigenvalue weighted by atomic mass is 10.2. The van der Waals surface area contributed by atoms with Gasteiger partial charge in [-0.1, -0.05) is 6.07 Å². The molecule has 7 nitrogen and oxygen atoms in total. The van der Waals surface area contributed by atoms with Crippen molar-refractivity contribution >= 4 is 10.0 Å². The van der Waals surface area contributed by atoms with Crippen LogP contribution in [0.5, 0.6) is 0 Å². The molecule has 1 aromatic heterocycles. The highest BCUT2D eigenvalue weighted by molar-refractivity contribution is 7.89. The van der Waals surface area contributed by atoms with E-state index in [2.05, 4.69) is 10.2 Å². The summed E-state index contributed by atoms with van der Waals surface area (Å²) in [6.07, 6.45) is 1.21. The first-order chi connectivity index (χ1) is 9.68. The summed E-state index contributed by atoms with van der Waals surface area (Å²) in [7, 11) is -3.51. The minimum atomic E-state index is -3.51. The van der Waals surface area contributed by atoms with Crippen molar-refractivity contribution in [3.05, 3.63) is 30.7 Å². The number of ether oxygens (including phenoxy) is 1. The topological polar surface area (TPSA) is 85.5 Å². The molecule has 0 aliphatic carbocycles. The number of aromatic nitrogens is 2. The molecule has 20 heavy (non-hydrogen) atoms. The summed E-state index contributed by atoms with van der Waals surface area (Å²) in [5, 5.41) is 7.36. The average Bonchev–Trinajstić information content (AvgIpc) is 3.03. The van der Waals surface area contributed by atoms with Crippen molar-refractivity contribution in [2.75, 3.05) is 26.3 Å². The van der Waals surface area contributed by atoms with Crippen molar-refractivity contribution in [1.82, 2.24) is 14.5 Å². The first-order valence-corrected chi connectivity index (χ1v) is 7.56. The zero-order valence-corrected chi connectivity index (χ0v) is 11.4. The van der Waals surface area contributed by atoms with Gasteiger partial charge in [-0.3, -0.25) is 0 Å². The Morgan fingerprint density at radius 3 is 2.70 bits per heavy atom. The molecule has 8 heteroatoms. The highest BCUT2D eigenvalue weighted by atomic mass is 32.2. The maximum atomic E-state index is 12.5. The van der Waals surface area contributed by atoms with Crippen LogP contribution >= 0.6 is 0 Å². The molecule has 1 fully saturated rings. The van der Waals surface area contributed by atoms with Gasteiger partial charge in [0.15, 0.2) is 0 Å². The van der Waals surface area contributed by atoms with Crippen molar-refractivity contribution in [1.29, 1.82) is 0 Å². The molecule has 1 aromatic carbocycles. The summed E-state index contributed by atoms with van der Waals surface area (Å²) >= 11 is 0. The van der Waals surface area contributed by atoms with Crippen molar-refractivity contribution < 1.29 is 17.6 Å². The van der Waals surface area contributed by atoms with E-state index in [1.165, 1.54) is 16.8 Å². The van der Waals surface area contributed by atoms with E-state index in [0.29, 0.717) is 37.8 Å². The molecule has 0 bridgehead atoms. The van der Waals surface area contributed by atoms with E-state index in [4.69, 9.17) is 9.15 Å². The fraction of sp³-hybridized carbons (Fsp3) is 0.333. The van der Waals surface area contributed by atoms with Gasteiger partial charge in [0, 0.05) is 18.7 Å². The fourth-order valence-corrected chi connectivity index (χ4v) is 3.48. The molecule has 0 N–H and O–H groups in total. The third-order valence-electron chi connectivity index (χ3n) is 3.05. The molecular weight excluding hydrogens is 282 g/mol. The first-order valence-electron chi connectivity index (χ1n) is 6.12. The van der Waals surface area contributed by atoms with E-state index in [1.54, 1.807) is 18.2 Å². The van der Waals surface area contributed by atoms with Crippen LogP contribution in [-0.2, 0) is 14.8 Å². The van der Waals surface area contributed by atoms with Crippen molar-refractivity contribution in [2.24, 2.45) is 0 Å². The molecule has 2 heterocycles. The number of morpholine rings is 1. The zero-order chi connectivity index (χ0) is 14.0.